The Morgan fingerprint density at radius 1 is 0.944 bits per heavy atom. The Kier molecular flexibility index (Phi) is 12.1. The third-order valence-electron chi connectivity index (χ3n) is 3.20. The molecule has 0 aliphatic carbocycles. The summed E-state index contributed by atoms with van der Waals surface area (Å²) in [5.74, 6) is -0.153. The number of esters is 1. The Morgan fingerprint density at radius 2 is 1.50 bits per heavy atom. The first kappa shape index (κ1) is 17.2. The third kappa shape index (κ3) is 9.26. The van der Waals surface area contributed by atoms with Gasteiger partial charge in [-0.2, -0.15) is 0 Å². The summed E-state index contributed by atoms with van der Waals surface area (Å²) < 4.78 is 4.78. The highest BCUT2D eigenvalue weighted by Crippen LogP contribution is 2.14. The van der Waals surface area contributed by atoms with Crippen LogP contribution in [0.2, 0.25) is 0 Å². The van der Waals surface area contributed by atoms with Crippen molar-refractivity contribution >= 4 is 5.97 Å². The van der Waals surface area contributed by atoms with Gasteiger partial charge in [-0.3, -0.25) is 0 Å². The smallest absolute Gasteiger partial charge is 0.333 e. The third-order valence-corrected chi connectivity index (χ3v) is 3.20. The summed E-state index contributed by atoms with van der Waals surface area (Å²) in [4.78, 5) is 11.4. The Balaban J connectivity index is 3.56. The van der Waals surface area contributed by atoms with Gasteiger partial charge in [-0.25, -0.2) is 4.79 Å². The summed E-state index contributed by atoms with van der Waals surface area (Å²) >= 11 is 0. The fourth-order valence-corrected chi connectivity index (χ4v) is 2.11. The topological polar surface area (TPSA) is 26.3 Å². The number of unbranched alkanes of at least 4 members (excludes halogenated alkanes) is 7. The van der Waals surface area contributed by atoms with Crippen molar-refractivity contribution in [3.8, 4) is 0 Å². The lowest BCUT2D eigenvalue weighted by Crippen LogP contribution is -2.04. The largest absolute Gasteiger partial charge is 0.466 e. The lowest BCUT2D eigenvalue weighted by Gasteiger charge is -2.05. The van der Waals surface area contributed by atoms with Gasteiger partial charge in [-0.05, 0) is 19.3 Å². The van der Waals surface area contributed by atoms with Crippen LogP contribution in [0.15, 0.2) is 11.6 Å². The molecule has 0 radical (unpaired) electrons. The summed E-state index contributed by atoms with van der Waals surface area (Å²) in [6, 6.07) is 0. The van der Waals surface area contributed by atoms with Crippen LogP contribution >= 0.6 is 0 Å². The standard InChI is InChI=1S/C16H30O2/c1-4-6-7-8-9-10-11-12-14-15(13-5-2)16(17)18-3/h13H,4-12,14H2,1-3H3. The Morgan fingerprint density at radius 3 is 2.00 bits per heavy atom. The molecule has 18 heavy (non-hydrogen) atoms. The SMILES string of the molecule is CCC=C(CCCCCCCCCC)C(=O)OC. The number of carbonyl (C=O) groups excluding carboxylic acids is 1. The molecule has 0 bridgehead atoms. The minimum absolute atomic E-state index is 0.153. The average Bonchev–Trinajstić information content (AvgIpc) is 2.39. The van der Waals surface area contributed by atoms with Gasteiger partial charge in [0.25, 0.3) is 0 Å². The van der Waals surface area contributed by atoms with Crippen molar-refractivity contribution in [2.24, 2.45) is 0 Å². The molecule has 0 aromatic carbocycles. The van der Waals surface area contributed by atoms with E-state index in [1.165, 1.54) is 52.1 Å². The number of hydrogen-bond acceptors (Lipinski definition) is 2. The maximum absolute atomic E-state index is 11.4. The summed E-state index contributed by atoms with van der Waals surface area (Å²) in [5, 5.41) is 0. The van der Waals surface area contributed by atoms with Crippen LogP contribution in [0.5, 0.6) is 0 Å². The molecule has 0 aliphatic rings. The molecule has 0 rings (SSSR count). The number of ether oxygens (including phenoxy) is 1. The quantitative estimate of drug-likeness (QED) is 0.294. The molecule has 0 spiro atoms. The second-order valence-corrected chi connectivity index (χ2v) is 4.85. The van der Waals surface area contributed by atoms with E-state index < -0.39 is 0 Å². The first-order chi connectivity index (χ1) is 8.76. The van der Waals surface area contributed by atoms with Crippen LogP contribution in [0.4, 0.5) is 0 Å². The van der Waals surface area contributed by atoms with Gasteiger partial charge in [0.2, 0.25) is 0 Å². The van der Waals surface area contributed by atoms with Crippen LogP contribution in [-0.2, 0) is 9.53 Å². The number of carbonyl (C=O) groups is 1. The second kappa shape index (κ2) is 12.7. The van der Waals surface area contributed by atoms with E-state index in [-0.39, 0.29) is 5.97 Å². The van der Waals surface area contributed by atoms with Crippen molar-refractivity contribution in [2.45, 2.75) is 78.1 Å². The Bertz CT molecular complexity index is 231. The zero-order valence-electron chi connectivity index (χ0n) is 12.5. The maximum atomic E-state index is 11.4. The van der Waals surface area contributed by atoms with Gasteiger partial charge in [-0.1, -0.05) is 64.9 Å². The van der Waals surface area contributed by atoms with Crippen LogP contribution in [0.25, 0.3) is 0 Å². The van der Waals surface area contributed by atoms with Crippen LogP contribution < -0.4 is 0 Å². The predicted octanol–water partition coefficient (Wildman–Crippen LogP) is 5.03. The minimum Gasteiger partial charge on any atom is -0.466 e. The molecular formula is C16H30O2. The van der Waals surface area contributed by atoms with Gasteiger partial charge in [-0.15, -0.1) is 0 Å². The molecular weight excluding hydrogens is 224 g/mol. The van der Waals surface area contributed by atoms with E-state index in [0.717, 1.165) is 24.8 Å². The first-order valence-electron chi connectivity index (χ1n) is 7.53. The van der Waals surface area contributed by atoms with E-state index in [2.05, 4.69) is 13.8 Å². The van der Waals surface area contributed by atoms with Crippen molar-refractivity contribution < 1.29 is 9.53 Å². The van der Waals surface area contributed by atoms with Crippen molar-refractivity contribution in [3.63, 3.8) is 0 Å². The maximum Gasteiger partial charge on any atom is 0.333 e. The van der Waals surface area contributed by atoms with E-state index in [1.807, 2.05) is 6.08 Å². The molecule has 2 heteroatoms. The zero-order chi connectivity index (χ0) is 13.6. The van der Waals surface area contributed by atoms with Gasteiger partial charge >= 0.3 is 5.97 Å². The molecule has 106 valence electrons. The second-order valence-electron chi connectivity index (χ2n) is 4.85. The van der Waals surface area contributed by atoms with Crippen LogP contribution in [0.3, 0.4) is 0 Å². The molecule has 0 unspecified atom stereocenters. The van der Waals surface area contributed by atoms with Crippen LogP contribution in [-0.4, -0.2) is 13.1 Å². The van der Waals surface area contributed by atoms with Gasteiger partial charge in [0, 0.05) is 5.57 Å². The van der Waals surface area contributed by atoms with Crippen molar-refractivity contribution in [2.75, 3.05) is 7.11 Å². The zero-order valence-corrected chi connectivity index (χ0v) is 12.5. The van der Waals surface area contributed by atoms with E-state index in [9.17, 15) is 4.79 Å². The van der Waals surface area contributed by atoms with E-state index >= 15 is 0 Å². The predicted molar refractivity (Wildman–Crippen MR) is 77.6 cm³/mol. The van der Waals surface area contributed by atoms with Crippen molar-refractivity contribution in [1.29, 1.82) is 0 Å². The molecule has 0 amide bonds. The van der Waals surface area contributed by atoms with Gasteiger partial charge in [0.05, 0.1) is 7.11 Å². The normalized spacial score (nSPS) is 11.6. The fourth-order valence-electron chi connectivity index (χ4n) is 2.11. The molecule has 0 aromatic heterocycles. The molecule has 0 atom stereocenters. The van der Waals surface area contributed by atoms with Gasteiger partial charge < -0.3 is 4.74 Å². The number of hydrogen-bond donors (Lipinski definition) is 0. The Hall–Kier alpha value is -0.790. The molecule has 0 fully saturated rings. The highest BCUT2D eigenvalue weighted by Gasteiger charge is 2.07. The van der Waals surface area contributed by atoms with E-state index in [0.29, 0.717) is 0 Å². The molecule has 0 aromatic rings. The number of methoxy groups -OCH3 is 1. The summed E-state index contributed by atoms with van der Waals surface area (Å²) in [5.41, 5.74) is 0.853. The van der Waals surface area contributed by atoms with Gasteiger partial charge in [0.1, 0.15) is 0 Å². The molecule has 0 heterocycles. The molecule has 0 aliphatic heterocycles. The average molecular weight is 254 g/mol. The monoisotopic (exact) mass is 254 g/mol. The lowest BCUT2D eigenvalue weighted by atomic mass is 10.0. The van der Waals surface area contributed by atoms with E-state index in [4.69, 9.17) is 4.74 Å². The van der Waals surface area contributed by atoms with Crippen LogP contribution in [0.1, 0.15) is 78.1 Å². The van der Waals surface area contributed by atoms with Gasteiger partial charge in [0.15, 0.2) is 0 Å². The lowest BCUT2D eigenvalue weighted by molar-refractivity contribution is -0.136. The van der Waals surface area contributed by atoms with Crippen molar-refractivity contribution in [1.82, 2.24) is 0 Å². The Labute approximate surface area is 113 Å². The molecule has 0 saturated carbocycles. The van der Waals surface area contributed by atoms with Crippen LogP contribution in [0, 0.1) is 0 Å². The highest BCUT2D eigenvalue weighted by atomic mass is 16.5. The molecule has 2 nitrogen and oxygen atoms in total. The minimum atomic E-state index is -0.153. The molecule has 0 N–H and O–H groups in total. The van der Waals surface area contributed by atoms with Crippen molar-refractivity contribution in [3.05, 3.63) is 11.6 Å². The summed E-state index contributed by atoms with van der Waals surface area (Å²) in [6.07, 6.45) is 14.1. The number of rotatable bonds is 11. The summed E-state index contributed by atoms with van der Waals surface area (Å²) in [7, 11) is 1.46. The summed E-state index contributed by atoms with van der Waals surface area (Å²) in [6.45, 7) is 4.30. The number of allylic oxidation sites excluding steroid dienone is 1. The molecule has 0 saturated heterocycles. The highest BCUT2D eigenvalue weighted by molar-refractivity contribution is 5.88. The van der Waals surface area contributed by atoms with E-state index in [1.54, 1.807) is 0 Å². The fraction of sp³-hybridized carbons (Fsp3) is 0.812. The first-order valence-corrected chi connectivity index (χ1v) is 7.53.